The fourth-order valence-electron chi connectivity index (χ4n) is 3.77. The van der Waals surface area contributed by atoms with E-state index in [4.69, 9.17) is 9.57 Å². The first kappa shape index (κ1) is 17.6. The Kier molecular flexibility index (Phi) is 4.39. The normalized spacial score (nSPS) is 25.4. The van der Waals surface area contributed by atoms with Gasteiger partial charge in [-0.2, -0.15) is 0 Å². The molecule has 0 saturated carbocycles. The maximum atomic E-state index is 13.0. The smallest absolute Gasteiger partial charge is 0.269 e. The molecule has 6 heteroatoms. The largest absolute Gasteiger partial charge is 0.497 e. The van der Waals surface area contributed by atoms with Crippen LogP contribution in [0.25, 0.3) is 0 Å². The average molecular weight is 345 g/mol. The van der Waals surface area contributed by atoms with E-state index in [1.165, 1.54) is 0 Å². The Labute approximate surface area is 149 Å². The highest BCUT2D eigenvalue weighted by Gasteiger charge is 2.46. The highest BCUT2D eigenvalue weighted by Crippen LogP contribution is 2.33. The van der Waals surface area contributed by atoms with Crippen LogP contribution in [-0.2, 0) is 9.63 Å². The minimum Gasteiger partial charge on any atom is -0.497 e. The van der Waals surface area contributed by atoms with Gasteiger partial charge in [0.2, 0.25) is 5.60 Å². The Hall–Kier alpha value is -2.24. The molecule has 0 aliphatic carbocycles. The second-order valence-electron chi connectivity index (χ2n) is 7.72. The first-order chi connectivity index (χ1) is 11.7. The van der Waals surface area contributed by atoms with Crippen LogP contribution in [0.1, 0.15) is 34.1 Å². The maximum absolute atomic E-state index is 13.0. The molecule has 1 aromatic carbocycles. The van der Waals surface area contributed by atoms with Crippen LogP contribution in [0, 0.1) is 0 Å². The summed E-state index contributed by atoms with van der Waals surface area (Å²) in [5, 5.41) is 3.97. The lowest BCUT2D eigenvalue weighted by Gasteiger charge is -2.49. The van der Waals surface area contributed by atoms with E-state index in [0.717, 1.165) is 23.7 Å². The lowest BCUT2D eigenvalue weighted by molar-refractivity contribution is -0.154. The van der Waals surface area contributed by atoms with Gasteiger partial charge in [0.1, 0.15) is 5.75 Å². The van der Waals surface area contributed by atoms with Gasteiger partial charge >= 0.3 is 0 Å². The molecule has 0 bridgehead atoms. The predicted octanol–water partition coefficient (Wildman–Crippen LogP) is 2.68. The van der Waals surface area contributed by atoms with Gasteiger partial charge in [0.15, 0.2) is 0 Å². The van der Waals surface area contributed by atoms with Crippen molar-refractivity contribution < 1.29 is 14.4 Å². The second-order valence-corrected chi connectivity index (χ2v) is 7.72. The van der Waals surface area contributed by atoms with Crippen molar-refractivity contribution in [2.45, 2.75) is 45.3 Å². The molecule has 1 amide bonds. The predicted molar refractivity (Wildman–Crippen MR) is 98.2 cm³/mol. The van der Waals surface area contributed by atoms with Crippen molar-refractivity contribution >= 4 is 17.3 Å². The van der Waals surface area contributed by atoms with Gasteiger partial charge in [0.25, 0.3) is 5.91 Å². The van der Waals surface area contributed by atoms with E-state index in [1.54, 1.807) is 7.11 Å². The molecule has 25 heavy (non-hydrogen) atoms. The van der Waals surface area contributed by atoms with Gasteiger partial charge in [-0.3, -0.25) is 4.79 Å². The highest BCUT2D eigenvalue weighted by molar-refractivity contribution is 5.94. The van der Waals surface area contributed by atoms with Crippen LogP contribution >= 0.6 is 0 Å². The Morgan fingerprint density at radius 1 is 1.28 bits per heavy atom. The molecular weight excluding hydrogens is 318 g/mol. The summed E-state index contributed by atoms with van der Waals surface area (Å²) in [6.07, 6.45) is 0.558. The van der Waals surface area contributed by atoms with E-state index in [-0.39, 0.29) is 11.4 Å². The molecule has 1 saturated heterocycles. The van der Waals surface area contributed by atoms with Crippen molar-refractivity contribution in [3.05, 3.63) is 24.3 Å². The van der Waals surface area contributed by atoms with Crippen molar-refractivity contribution in [3.8, 4) is 5.75 Å². The zero-order chi connectivity index (χ0) is 18.2. The minimum atomic E-state index is -0.863. The number of hydrogen-bond donors (Lipinski definition) is 0. The van der Waals surface area contributed by atoms with Crippen LogP contribution in [0.5, 0.6) is 5.75 Å². The van der Waals surface area contributed by atoms with Gasteiger partial charge in [0, 0.05) is 37.8 Å². The molecule has 3 rings (SSSR count). The number of methoxy groups -OCH3 is 1. The van der Waals surface area contributed by atoms with Gasteiger partial charge in [-0.15, -0.1) is 0 Å². The van der Waals surface area contributed by atoms with Gasteiger partial charge in [0.05, 0.1) is 18.4 Å². The fourth-order valence-corrected chi connectivity index (χ4v) is 3.77. The third kappa shape index (κ3) is 3.30. The fraction of sp³-hybridized carbons (Fsp3) is 0.579. The van der Waals surface area contributed by atoms with Crippen molar-refractivity contribution in [1.29, 1.82) is 0 Å². The summed E-state index contributed by atoms with van der Waals surface area (Å²) in [5.41, 5.74) is 0.924. The topological polar surface area (TPSA) is 54.4 Å². The number of oxime groups is 1. The first-order valence-electron chi connectivity index (χ1n) is 8.68. The number of amides is 1. The van der Waals surface area contributed by atoms with Crippen LogP contribution < -0.4 is 9.64 Å². The summed E-state index contributed by atoms with van der Waals surface area (Å²) < 4.78 is 5.34. The number of hydrogen-bond acceptors (Lipinski definition) is 5. The molecule has 0 N–H and O–H groups in total. The molecular formula is C19H27N3O3. The van der Waals surface area contributed by atoms with Gasteiger partial charge in [-0.1, -0.05) is 11.2 Å². The quantitative estimate of drug-likeness (QED) is 0.845. The van der Waals surface area contributed by atoms with E-state index < -0.39 is 5.60 Å². The zero-order valence-corrected chi connectivity index (χ0v) is 15.7. The molecule has 2 heterocycles. The summed E-state index contributed by atoms with van der Waals surface area (Å²) >= 11 is 0. The number of rotatable bonds is 3. The van der Waals surface area contributed by atoms with E-state index >= 15 is 0 Å². The Morgan fingerprint density at radius 3 is 2.64 bits per heavy atom. The average Bonchev–Trinajstić information content (AvgIpc) is 2.93. The number of ether oxygens (including phenoxy) is 1. The van der Waals surface area contributed by atoms with Crippen molar-refractivity contribution in [3.63, 3.8) is 0 Å². The standard InChI is InChI=1S/C19H27N3O3/c1-14-12-19(4,25-20-14)17(23)21-9-10-22(18(2,3)13-21)15-7-6-8-16(11-15)24-5/h6-8,11H,9-10,12-13H2,1-5H3. The molecule has 1 aromatic rings. The number of nitrogens with zero attached hydrogens (tertiary/aromatic N) is 3. The molecule has 0 radical (unpaired) electrons. The molecule has 2 aliphatic heterocycles. The van der Waals surface area contributed by atoms with Crippen molar-refractivity contribution in [2.24, 2.45) is 5.16 Å². The second kappa shape index (κ2) is 6.24. The van der Waals surface area contributed by atoms with Crippen LogP contribution in [0.15, 0.2) is 29.4 Å². The third-order valence-corrected chi connectivity index (χ3v) is 5.00. The Balaban J connectivity index is 1.75. The third-order valence-electron chi connectivity index (χ3n) is 5.00. The van der Waals surface area contributed by atoms with E-state index in [9.17, 15) is 4.79 Å². The molecule has 0 aromatic heterocycles. The molecule has 6 nitrogen and oxygen atoms in total. The number of benzene rings is 1. The SMILES string of the molecule is COc1cccc(N2CCN(C(=O)C3(C)CC(C)=NO3)CC2(C)C)c1. The molecule has 1 fully saturated rings. The monoisotopic (exact) mass is 345 g/mol. The van der Waals surface area contributed by atoms with Gasteiger partial charge in [-0.05, 0) is 39.8 Å². The van der Waals surface area contributed by atoms with Crippen LogP contribution in [0.2, 0.25) is 0 Å². The molecule has 1 unspecified atom stereocenters. The number of anilines is 1. The zero-order valence-electron chi connectivity index (χ0n) is 15.7. The van der Waals surface area contributed by atoms with E-state index in [1.807, 2.05) is 36.9 Å². The minimum absolute atomic E-state index is 0.0199. The highest BCUT2D eigenvalue weighted by atomic mass is 16.7. The van der Waals surface area contributed by atoms with Crippen molar-refractivity contribution in [2.75, 3.05) is 31.6 Å². The molecule has 2 aliphatic rings. The van der Waals surface area contributed by atoms with E-state index in [0.29, 0.717) is 19.5 Å². The summed E-state index contributed by atoms with van der Waals surface area (Å²) in [7, 11) is 1.67. The van der Waals surface area contributed by atoms with Gasteiger partial charge < -0.3 is 19.4 Å². The van der Waals surface area contributed by atoms with Crippen molar-refractivity contribution in [1.82, 2.24) is 4.90 Å². The summed E-state index contributed by atoms with van der Waals surface area (Å²) in [6.45, 7) is 10.1. The summed E-state index contributed by atoms with van der Waals surface area (Å²) in [5.74, 6) is 0.859. The Bertz CT molecular complexity index is 701. The molecule has 1 atom stereocenters. The Morgan fingerprint density at radius 2 is 2.04 bits per heavy atom. The molecule has 0 spiro atoms. The maximum Gasteiger partial charge on any atom is 0.269 e. The van der Waals surface area contributed by atoms with Gasteiger partial charge in [-0.25, -0.2) is 0 Å². The van der Waals surface area contributed by atoms with E-state index in [2.05, 4.69) is 30.0 Å². The molecule has 136 valence electrons. The summed E-state index contributed by atoms with van der Waals surface area (Å²) in [6, 6.07) is 8.06. The number of carbonyl (C=O) groups excluding carboxylic acids is 1. The van der Waals surface area contributed by atoms with Crippen LogP contribution in [-0.4, -0.2) is 54.4 Å². The van der Waals surface area contributed by atoms with Crippen LogP contribution in [0.4, 0.5) is 5.69 Å². The summed E-state index contributed by atoms with van der Waals surface area (Å²) in [4.78, 5) is 22.7. The number of piperazine rings is 1. The van der Waals surface area contributed by atoms with Crippen LogP contribution in [0.3, 0.4) is 0 Å². The lowest BCUT2D eigenvalue weighted by atomic mass is 9.93. The number of carbonyl (C=O) groups is 1. The first-order valence-corrected chi connectivity index (χ1v) is 8.68. The lowest BCUT2D eigenvalue weighted by Crippen LogP contribution is -2.63.